The number of nitrogens with zero attached hydrogens (tertiary/aromatic N) is 1. The van der Waals surface area contributed by atoms with Crippen molar-refractivity contribution in [2.24, 2.45) is 0 Å². The molecule has 1 aromatic heterocycles. The highest BCUT2D eigenvalue weighted by Gasteiger charge is 2.42. The smallest absolute Gasteiger partial charge is 0.282 e. The summed E-state index contributed by atoms with van der Waals surface area (Å²) in [5, 5.41) is 5.53. The number of thiophene rings is 1. The summed E-state index contributed by atoms with van der Waals surface area (Å²) in [5.74, 6) is -0.0464. The van der Waals surface area contributed by atoms with Crippen molar-refractivity contribution in [3.05, 3.63) is 75.1 Å². The van der Waals surface area contributed by atoms with Crippen LogP contribution in [0.4, 0.5) is 11.4 Å². The van der Waals surface area contributed by atoms with Gasteiger partial charge in [-0.2, -0.15) is 0 Å². The number of nitrogens with one attached hydrogen (secondary N) is 1. The average molecular weight is 455 g/mol. The molecule has 0 bridgehead atoms. The zero-order valence-electron chi connectivity index (χ0n) is 17.1. The lowest BCUT2D eigenvalue weighted by molar-refractivity contribution is -0.120. The van der Waals surface area contributed by atoms with Gasteiger partial charge in [-0.15, -0.1) is 11.3 Å². The van der Waals surface area contributed by atoms with Crippen LogP contribution >= 0.6 is 22.9 Å². The Labute approximate surface area is 188 Å². The van der Waals surface area contributed by atoms with Crippen molar-refractivity contribution in [2.45, 2.75) is 6.92 Å². The zero-order valence-corrected chi connectivity index (χ0v) is 18.6. The SMILES string of the molecule is COc1ccc(OC)c(N2C(=O)C(Nc3cc(Cl)ccc3C)=C(c3cccs3)C2=O)c1. The molecule has 3 aromatic rings. The molecule has 8 heteroatoms. The highest BCUT2D eigenvalue weighted by molar-refractivity contribution is 7.11. The Hall–Kier alpha value is -3.29. The largest absolute Gasteiger partial charge is 0.497 e. The van der Waals surface area contributed by atoms with Crippen molar-refractivity contribution in [1.29, 1.82) is 0 Å². The van der Waals surface area contributed by atoms with Gasteiger partial charge in [0.1, 0.15) is 17.2 Å². The zero-order chi connectivity index (χ0) is 22.1. The van der Waals surface area contributed by atoms with Crippen molar-refractivity contribution in [2.75, 3.05) is 24.4 Å². The van der Waals surface area contributed by atoms with Crippen LogP contribution < -0.4 is 19.7 Å². The van der Waals surface area contributed by atoms with Crippen LogP contribution in [0.1, 0.15) is 10.4 Å². The number of methoxy groups -OCH3 is 2. The van der Waals surface area contributed by atoms with Gasteiger partial charge in [0.15, 0.2) is 0 Å². The molecule has 0 saturated carbocycles. The van der Waals surface area contributed by atoms with E-state index >= 15 is 0 Å². The number of halogens is 1. The normalized spacial score (nSPS) is 13.7. The van der Waals surface area contributed by atoms with Gasteiger partial charge in [0.25, 0.3) is 11.8 Å². The topological polar surface area (TPSA) is 67.9 Å². The van der Waals surface area contributed by atoms with Crippen LogP contribution in [-0.2, 0) is 9.59 Å². The highest BCUT2D eigenvalue weighted by Crippen LogP contribution is 2.40. The Kier molecular flexibility index (Phi) is 5.71. The molecule has 6 nitrogen and oxygen atoms in total. The average Bonchev–Trinajstić information content (AvgIpc) is 3.37. The van der Waals surface area contributed by atoms with Crippen molar-refractivity contribution in [3.8, 4) is 11.5 Å². The van der Waals surface area contributed by atoms with Crippen molar-refractivity contribution in [3.63, 3.8) is 0 Å². The first-order chi connectivity index (χ1) is 14.9. The quantitative estimate of drug-likeness (QED) is 0.523. The van der Waals surface area contributed by atoms with E-state index < -0.39 is 11.8 Å². The lowest BCUT2D eigenvalue weighted by Crippen LogP contribution is -2.32. The monoisotopic (exact) mass is 454 g/mol. The van der Waals surface area contributed by atoms with Gasteiger partial charge < -0.3 is 14.8 Å². The first-order valence-corrected chi connectivity index (χ1v) is 10.6. The van der Waals surface area contributed by atoms with E-state index in [0.717, 1.165) is 10.5 Å². The molecule has 0 fully saturated rings. The third-order valence-electron chi connectivity index (χ3n) is 4.94. The number of hydrogen-bond donors (Lipinski definition) is 1. The predicted octanol–water partition coefficient (Wildman–Crippen LogP) is 5.12. The van der Waals surface area contributed by atoms with Crippen molar-refractivity contribution in [1.82, 2.24) is 0 Å². The molecule has 0 atom stereocenters. The fourth-order valence-electron chi connectivity index (χ4n) is 3.35. The van der Waals surface area contributed by atoms with Gasteiger partial charge in [-0.3, -0.25) is 9.59 Å². The summed E-state index contributed by atoms with van der Waals surface area (Å²) in [6, 6.07) is 14.0. The molecule has 0 radical (unpaired) electrons. The summed E-state index contributed by atoms with van der Waals surface area (Å²) in [6.45, 7) is 1.90. The second-order valence-corrected chi connectivity index (χ2v) is 8.18. The second-order valence-electron chi connectivity index (χ2n) is 6.80. The molecule has 2 aromatic carbocycles. The molecular formula is C23H19ClN2O4S. The minimum Gasteiger partial charge on any atom is -0.497 e. The molecule has 0 spiro atoms. The molecule has 2 heterocycles. The Morgan fingerprint density at radius 1 is 1.00 bits per heavy atom. The molecule has 1 aliphatic rings. The van der Waals surface area contributed by atoms with E-state index in [1.165, 1.54) is 25.6 Å². The summed E-state index contributed by atoms with van der Waals surface area (Å²) >= 11 is 7.54. The molecule has 0 unspecified atom stereocenters. The minimum absolute atomic E-state index is 0.183. The lowest BCUT2D eigenvalue weighted by atomic mass is 10.1. The third-order valence-corrected chi connectivity index (χ3v) is 6.06. The molecule has 2 amide bonds. The number of ether oxygens (including phenoxy) is 2. The van der Waals surface area contributed by atoms with Crippen LogP contribution in [0, 0.1) is 6.92 Å². The van der Waals surface area contributed by atoms with Crippen LogP contribution in [0.25, 0.3) is 5.57 Å². The van der Waals surface area contributed by atoms with Crippen molar-refractivity contribution < 1.29 is 19.1 Å². The molecule has 31 heavy (non-hydrogen) atoms. The molecule has 1 aliphatic heterocycles. The van der Waals surface area contributed by atoms with Gasteiger partial charge in [0, 0.05) is 21.7 Å². The van der Waals surface area contributed by atoms with Gasteiger partial charge >= 0.3 is 0 Å². The first-order valence-electron chi connectivity index (χ1n) is 9.36. The fraction of sp³-hybridized carbons (Fsp3) is 0.130. The van der Waals surface area contributed by atoms with Crippen LogP contribution in [0.15, 0.2) is 59.6 Å². The van der Waals surface area contributed by atoms with Crippen LogP contribution in [0.2, 0.25) is 5.02 Å². The van der Waals surface area contributed by atoms with Gasteiger partial charge in [-0.05, 0) is 48.2 Å². The maximum absolute atomic E-state index is 13.6. The number of rotatable bonds is 6. The Morgan fingerprint density at radius 3 is 2.48 bits per heavy atom. The number of imide groups is 1. The number of benzene rings is 2. The van der Waals surface area contributed by atoms with E-state index in [2.05, 4.69) is 5.32 Å². The maximum atomic E-state index is 13.6. The van der Waals surface area contributed by atoms with E-state index in [1.54, 1.807) is 30.3 Å². The Morgan fingerprint density at radius 2 is 1.81 bits per heavy atom. The van der Waals surface area contributed by atoms with Gasteiger partial charge in [0.2, 0.25) is 0 Å². The van der Waals surface area contributed by atoms with Crippen molar-refractivity contribution >= 4 is 51.7 Å². The summed E-state index contributed by atoms with van der Waals surface area (Å²) in [4.78, 5) is 28.9. The number of anilines is 2. The number of amides is 2. The summed E-state index contributed by atoms with van der Waals surface area (Å²) < 4.78 is 10.7. The second kappa shape index (κ2) is 8.45. The third kappa shape index (κ3) is 3.78. The summed E-state index contributed by atoms with van der Waals surface area (Å²) in [7, 11) is 3.00. The number of aryl methyl sites for hydroxylation is 1. The van der Waals surface area contributed by atoms with Crippen LogP contribution in [0.5, 0.6) is 11.5 Å². The molecular weight excluding hydrogens is 436 g/mol. The molecule has 158 valence electrons. The predicted molar refractivity (Wildman–Crippen MR) is 123 cm³/mol. The standard InChI is InChI=1S/C23H19ClN2O4S/c1-13-6-7-14(24)11-16(13)25-21-20(19-5-4-10-31-19)22(27)26(23(21)28)17-12-15(29-2)8-9-18(17)30-3/h4-12,25H,1-3H3. The molecule has 0 aliphatic carbocycles. The maximum Gasteiger partial charge on any atom is 0.282 e. The van der Waals surface area contributed by atoms with Gasteiger partial charge in [-0.25, -0.2) is 4.90 Å². The van der Waals surface area contributed by atoms with E-state index in [-0.39, 0.29) is 5.70 Å². The van der Waals surface area contributed by atoms with Crippen LogP contribution in [-0.4, -0.2) is 26.0 Å². The van der Waals surface area contributed by atoms with Crippen LogP contribution in [0.3, 0.4) is 0 Å². The first kappa shape index (κ1) is 21.0. The fourth-order valence-corrected chi connectivity index (χ4v) is 4.29. The summed E-state index contributed by atoms with van der Waals surface area (Å²) in [6.07, 6.45) is 0. The lowest BCUT2D eigenvalue weighted by Gasteiger charge is -2.19. The van der Waals surface area contributed by atoms with E-state index in [4.69, 9.17) is 21.1 Å². The minimum atomic E-state index is -0.487. The van der Waals surface area contributed by atoms with E-state index in [0.29, 0.717) is 38.3 Å². The number of hydrogen-bond acceptors (Lipinski definition) is 6. The highest BCUT2D eigenvalue weighted by atomic mass is 35.5. The van der Waals surface area contributed by atoms with E-state index in [1.807, 2.05) is 30.5 Å². The van der Waals surface area contributed by atoms with E-state index in [9.17, 15) is 9.59 Å². The number of carbonyl (C=O) groups is 2. The Bertz CT molecular complexity index is 1200. The molecule has 4 rings (SSSR count). The number of carbonyl (C=O) groups excluding carboxylic acids is 2. The Balaban J connectivity index is 1.85. The van der Waals surface area contributed by atoms with Gasteiger partial charge in [-0.1, -0.05) is 23.7 Å². The molecule has 0 saturated heterocycles. The van der Waals surface area contributed by atoms with Gasteiger partial charge in [0.05, 0.1) is 25.5 Å². The molecule has 1 N–H and O–H groups in total. The summed E-state index contributed by atoms with van der Waals surface area (Å²) in [5.41, 5.74) is 2.33.